The molecule has 0 saturated carbocycles. The first-order valence-electron chi connectivity index (χ1n) is 4.64. The van der Waals surface area contributed by atoms with Gasteiger partial charge in [-0.3, -0.25) is 5.84 Å². The Hall–Kier alpha value is -0.160. The van der Waals surface area contributed by atoms with E-state index in [4.69, 9.17) is 5.84 Å². The van der Waals surface area contributed by atoms with E-state index >= 15 is 0 Å². The Morgan fingerprint density at radius 2 is 2.25 bits per heavy atom. The summed E-state index contributed by atoms with van der Waals surface area (Å²) in [5, 5.41) is 5.22. The summed E-state index contributed by atoms with van der Waals surface area (Å²) in [6, 6.07) is 0.554. The summed E-state index contributed by atoms with van der Waals surface area (Å²) in [6.07, 6.45) is 1.14. The quantitative estimate of drug-likeness (QED) is 0.417. The molecule has 0 aromatic heterocycles. The van der Waals surface area contributed by atoms with Crippen LogP contribution in [-0.4, -0.2) is 43.9 Å². The third-order valence-corrected chi connectivity index (χ3v) is 2.07. The van der Waals surface area contributed by atoms with Crippen molar-refractivity contribution in [2.45, 2.75) is 19.4 Å². The fourth-order valence-electron chi connectivity index (χ4n) is 1.16. The van der Waals surface area contributed by atoms with E-state index in [1.54, 1.807) is 0 Å². The molecule has 0 radical (unpaired) electrons. The Bertz CT molecular complexity index is 116. The van der Waals surface area contributed by atoms with Gasteiger partial charge in [0, 0.05) is 25.7 Å². The fourth-order valence-corrected chi connectivity index (χ4v) is 1.16. The minimum absolute atomic E-state index is 0.554. The molecule has 0 spiro atoms. The third-order valence-electron chi connectivity index (χ3n) is 2.07. The lowest BCUT2D eigenvalue weighted by Crippen LogP contribution is -2.54. The van der Waals surface area contributed by atoms with E-state index in [1.807, 2.05) is 5.01 Å². The van der Waals surface area contributed by atoms with E-state index in [1.165, 1.54) is 0 Å². The lowest BCUT2D eigenvalue weighted by molar-refractivity contribution is 0.160. The highest BCUT2D eigenvalue weighted by Gasteiger charge is 2.15. The molecule has 1 atom stereocenters. The average molecular weight is 173 g/mol. The first kappa shape index (κ1) is 9.92. The van der Waals surface area contributed by atoms with Gasteiger partial charge in [-0.25, -0.2) is 5.01 Å². The first-order chi connectivity index (χ1) is 5.84. The molecule has 0 bridgehead atoms. The monoisotopic (exact) mass is 173 g/mol. The van der Waals surface area contributed by atoms with Crippen molar-refractivity contribution in [1.29, 1.82) is 0 Å². The number of piperazine rings is 1. The van der Waals surface area contributed by atoms with Gasteiger partial charge >= 0.3 is 0 Å². The Morgan fingerprint density at radius 1 is 1.58 bits per heavy atom. The number of hydrogen-bond donors (Lipinski definition) is 2. The Kier molecular flexibility index (Phi) is 4.53. The molecule has 0 aromatic rings. The highest BCUT2D eigenvalue weighted by atomic mass is 16.6. The minimum atomic E-state index is 0.554. The fraction of sp³-hybridized carbons (Fsp3) is 1.00. The number of nitrogens with two attached hydrogens (primary N) is 1. The van der Waals surface area contributed by atoms with Crippen molar-refractivity contribution < 1.29 is 4.74 Å². The Morgan fingerprint density at radius 3 is 2.58 bits per heavy atom. The van der Waals surface area contributed by atoms with E-state index in [2.05, 4.69) is 17.0 Å². The second-order valence-corrected chi connectivity index (χ2v) is 3.12. The molecule has 0 aliphatic carbocycles. The van der Waals surface area contributed by atoms with Crippen LogP contribution in [0, 0.1) is 0 Å². The van der Waals surface area contributed by atoms with Crippen LogP contribution in [0.1, 0.15) is 13.3 Å². The zero-order chi connectivity index (χ0) is 8.81. The first-order valence-corrected chi connectivity index (χ1v) is 4.64. The maximum absolute atomic E-state index is 5.68. The highest BCUT2D eigenvalue weighted by molar-refractivity contribution is 4.73. The summed E-state index contributed by atoms with van der Waals surface area (Å²) in [7, 11) is 0. The van der Waals surface area contributed by atoms with Gasteiger partial charge in [0.25, 0.3) is 0 Å². The van der Waals surface area contributed by atoms with Gasteiger partial charge in [0.15, 0.2) is 0 Å². The van der Waals surface area contributed by atoms with Gasteiger partial charge < -0.3 is 10.1 Å². The summed E-state index contributed by atoms with van der Waals surface area (Å²) in [5.41, 5.74) is 0. The van der Waals surface area contributed by atoms with Crippen LogP contribution in [0.4, 0.5) is 0 Å². The molecule has 2 aliphatic rings. The van der Waals surface area contributed by atoms with E-state index in [-0.39, 0.29) is 0 Å². The van der Waals surface area contributed by atoms with Crippen LogP contribution in [0.5, 0.6) is 0 Å². The van der Waals surface area contributed by atoms with Crippen molar-refractivity contribution in [3.05, 3.63) is 0 Å². The maximum Gasteiger partial charge on any atom is 0.0701 e. The number of nitrogens with one attached hydrogen (secondary N) is 1. The molecule has 2 rings (SSSR count). The molecule has 12 heavy (non-hydrogen) atoms. The second kappa shape index (κ2) is 5.48. The van der Waals surface area contributed by atoms with Crippen molar-refractivity contribution >= 4 is 0 Å². The van der Waals surface area contributed by atoms with Gasteiger partial charge in [-0.1, -0.05) is 6.92 Å². The average Bonchev–Trinajstić information content (AvgIpc) is 2.91. The molecule has 2 fully saturated rings. The summed E-state index contributed by atoms with van der Waals surface area (Å²) in [6.45, 7) is 7.23. The zero-order valence-corrected chi connectivity index (χ0v) is 7.75. The van der Waals surface area contributed by atoms with Gasteiger partial charge in [0.1, 0.15) is 0 Å². The van der Waals surface area contributed by atoms with Crippen LogP contribution >= 0.6 is 0 Å². The Labute approximate surface area is 74.0 Å². The summed E-state index contributed by atoms with van der Waals surface area (Å²) in [4.78, 5) is 0. The zero-order valence-electron chi connectivity index (χ0n) is 7.75. The molecule has 2 heterocycles. The van der Waals surface area contributed by atoms with Gasteiger partial charge in [-0.15, -0.1) is 0 Å². The van der Waals surface area contributed by atoms with E-state index in [9.17, 15) is 0 Å². The number of hydrogen-bond acceptors (Lipinski definition) is 4. The van der Waals surface area contributed by atoms with Crippen LogP contribution in [-0.2, 0) is 4.74 Å². The van der Waals surface area contributed by atoms with Crippen molar-refractivity contribution in [2.75, 3.05) is 32.8 Å². The van der Waals surface area contributed by atoms with Crippen molar-refractivity contribution in [2.24, 2.45) is 5.84 Å². The topological polar surface area (TPSA) is 53.8 Å². The molecule has 2 saturated heterocycles. The van der Waals surface area contributed by atoms with E-state index in [0.29, 0.717) is 6.04 Å². The third kappa shape index (κ3) is 4.01. The number of rotatable bonds is 1. The molecule has 72 valence electrons. The molecule has 4 heteroatoms. The molecule has 0 amide bonds. The molecule has 0 aromatic carbocycles. The summed E-state index contributed by atoms with van der Waals surface area (Å²) >= 11 is 0. The lowest BCUT2D eigenvalue weighted by atomic mass is 10.2. The number of hydrazine groups is 1. The molecule has 4 nitrogen and oxygen atoms in total. The van der Waals surface area contributed by atoms with Crippen molar-refractivity contribution in [1.82, 2.24) is 10.3 Å². The molecular formula is C8H19N3O. The minimum Gasteiger partial charge on any atom is -0.377 e. The smallest absolute Gasteiger partial charge is 0.0701 e. The SMILES string of the molecule is C1CO1.CCC1CNCCN1N. The predicted octanol–water partition coefficient (Wildman–Crippen LogP) is -0.439. The number of ether oxygens (including phenoxy) is 1. The van der Waals surface area contributed by atoms with Crippen LogP contribution in [0.15, 0.2) is 0 Å². The van der Waals surface area contributed by atoms with Gasteiger partial charge in [-0.2, -0.15) is 0 Å². The van der Waals surface area contributed by atoms with Gasteiger partial charge in [-0.05, 0) is 6.42 Å². The van der Waals surface area contributed by atoms with Crippen molar-refractivity contribution in [3.8, 4) is 0 Å². The standard InChI is InChI=1S/C6H15N3.C2H4O/c1-2-6-5-8-3-4-9(6)7;1-2-3-1/h6,8H,2-5,7H2,1H3;1-2H2. The summed E-state index contributed by atoms with van der Waals surface area (Å²) in [5.74, 6) is 5.68. The normalized spacial score (nSPS) is 29.0. The van der Waals surface area contributed by atoms with Crippen LogP contribution in [0.3, 0.4) is 0 Å². The Balaban J connectivity index is 0.000000200. The van der Waals surface area contributed by atoms with Crippen LogP contribution in [0.25, 0.3) is 0 Å². The van der Waals surface area contributed by atoms with Crippen molar-refractivity contribution in [3.63, 3.8) is 0 Å². The van der Waals surface area contributed by atoms with Gasteiger partial charge in [0.2, 0.25) is 0 Å². The lowest BCUT2D eigenvalue weighted by Gasteiger charge is -2.31. The highest BCUT2D eigenvalue weighted by Crippen LogP contribution is 1.99. The van der Waals surface area contributed by atoms with Crippen LogP contribution in [0.2, 0.25) is 0 Å². The molecule has 3 N–H and O–H groups in total. The predicted molar refractivity (Wildman–Crippen MR) is 48.7 cm³/mol. The maximum atomic E-state index is 5.68. The molecule has 2 aliphatic heterocycles. The van der Waals surface area contributed by atoms with E-state index < -0.39 is 0 Å². The van der Waals surface area contributed by atoms with Crippen LogP contribution < -0.4 is 11.2 Å². The van der Waals surface area contributed by atoms with Gasteiger partial charge in [0.05, 0.1) is 13.2 Å². The summed E-state index contributed by atoms with van der Waals surface area (Å²) < 4.78 is 4.50. The molecule has 1 unspecified atom stereocenters. The number of epoxide rings is 1. The van der Waals surface area contributed by atoms with E-state index in [0.717, 1.165) is 39.3 Å². The molecular weight excluding hydrogens is 154 g/mol. The second-order valence-electron chi connectivity index (χ2n) is 3.12. The number of nitrogens with zero attached hydrogens (tertiary/aromatic N) is 1. The largest absolute Gasteiger partial charge is 0.377 e.